The van der Waals surface area contributed by atoms with E-state index in [0.29, 0.717) is 17.9 Å². The molecule has 0 spiro atoms. The molecule has 0 aromatic rings. The van der Waals surface area contributed by atoms with Gasteiger partial charge >= 0.3 is 11.9 Å². The summed E-state index contributed by atoms with van der Waals surface area (Å²) < 4.78 is 11.2. The second-order valence-corrected chi connectivity index (χ2v) is 17.8. The van der Waals surface area contributed by atoms with Gasteiger partial charge in [-0.25, -0.2) is 4.79 Å². The van der Waals surface area contributed by atoms with Gasteiger partial charge in [-0.05, 0) is 62.0 Å². The van der Waals surface area contributed by atoms with Gasteiger partial charge in [0.2, 0.25) is 0 Å². The Morgan fingerprint density at radius 2 is 1.72 bits per heavy atom. The number of aliphatic hydroxyl groups excluding tert-OH is 4. The minimum absolute atomic E-state index is 0.0449. The molecule has 0 aliphatic heterocycles. The molecule has 4 N–H and O–H groups in total. The highest BCUT2D eigenvalue weighted by Gasteiger charge is 2.75. The van der Waals surface area contributed by atoms with Crippen molar-refractivity contribution < 1.29 is 39.5 Å². The molecule has 14 heteroatoms. The summed E-state index contributed by atoms with van der Waals surface area (Å²) in [5.41, 5.74) is -0.206. The van der Waals surface area contributed by atoms with Gasteiger partial charge in [0.25, 0.3) is 0 Å². The number of ether oxygens (including phenoxy) is 2. The molecular weight excluding hydrogens is 598 g/mol. The Morgan fingerprint density at radius 3 is 2.30 bits per heavy atom. The van der Waals surface area contributed by atoms with Crippen LogP contribution in [0.2, 0.25) is 21.8 Å². The summed E-state index contributed by atoms with van der Waals surface area (Å²) in [6, 6.07) is 0. The standard InChI is InChI=1S/C32H53B5O8S/c1-5-15(4)27(43)45-25-24(44-26(42)14(2)3)28(13-38)18(12-31(25,36)46)16-6-7-20-29(34)10-9-19(39)21(33)17(29)8-11-30(20,35)32(16,37)23(41)22(28)40/h5-6,14,17-25,38-41,46H,7-13,33-37H2,1-4H3/b15-5-/t17?,18?,19-,20?,21+,22+,23-,24-,25-,28-,29+,30-,31+,32+/m0/s1. The van der Waals surface area contributed by atoms with Crippen molar-refractivity contribution in [1.82, 2.24) is 0 Å². The van der Waals surface area contributed by atoms with Crippen LogP contribution in [0.15, 0.2) is 23.3 Å². The Labute approximate surface area is 284 Å². The van der Waals surface area contributed by atoms with Crippen LogP contribution in [0, 0.1) is 29.1 Å². The summed E-state index contributed by atoms with van der Waals surface area (Å²) in [6.45, 7) is 6.19. The van der Waals surface area contributed by atoms with Gasteiger partial charge in [-0.15, -0.1) is 0 Å². The SMILES string of the molecule is B[C@@H]1C2CC[C@]3(B)C(CC=C4C5C[C@@](B)(S)[C@@H](OC(=O)/C(C)=C\C)[C@H](OC(=O)C(C)C)[C@]5(CO)[C@H](O)[C@H](O)[C@]43B)[C@@]2(B)CC[C@@H]1O. The molecule has 5 rings (SSSR count). The molecule has 0 amide bonds. The highest BCUT2D eigenvalue weighted by molar-refractivity contribution is 7.83. The zero-order valence-corrected chi connectivity index (χ0v) is 30.1. The maximum Gasteiger partial charge on any atom is 0.333 e. The van der Waals surface area contributed by atoms with Crippen molar-refractivity contribution >= 4 is 63.8 Å². The molecule has 14 atom stereocenters. The van der Waals surface area contributed by atoms with Crippen LogP contribution in [0.5, 0.6) is 0 Å². The first-order chi connectivity index (χ1) is 21.3. The molecule has 0 saturated heterocycles. The number of carbonyl (C=O) groups excluding carboxylic acids is 2. The van der Waals surface area contributed by atoms with Crippen LogP contribution < -0.4 is 0 Å². The Hall–Kier alpha value is -1.07. The van der Waals surface area contributed by atoms with Crippen molar-refractivity contribution in [2.75, 3.05) is 6.61 Å². The fourth-order valence-corrected chi connectivity index (χ4v) is 11.6. The van der Waals surface area contributed by atoms with Gasteiger partial charge < -0.3 is 29.9 Å². The molecule has 0 radical (unpaired) electrons. The molecule has 0 aromatic carbocycles. The monoisotopic (exact) mass is 652 g/mol. The molecule has 4 saturated carbocycles. The first-order valence-electron chi connectivity index (χ1n) is 17.4. The second-order valence-electron chi connectivity index (χ2n) is 16.8. The van der Waals surface area contributed by atoms with Gasteiger partial charge in [-0.1, -0.05) is 61.5 Å². The first-order valence-corrected chi connectivity index (χ1v) is 17.9. The Morgan fingerprint density at radius 1 is 1.07 bits per heavy atom. The lowest BCUT2D eigenvalue weighted by atomic mass is 9.22. The van der Waals surface area contributed by atoms with E-state index >= 15 is 0 Å². The number of carbonyl (C=O) groups is 2. The van der Waals surface area contributed by atoms with E-state index in [1.807, 2.05) is 7.85 Å². The predicted octanol–water partition coefficient (Wildman–Crippen LogP) is -1.27. The highest BCUT2D eigenvalue weighted by atomic mass is 32.1. The van der Waals surface area contributed by atoms with Crippen LogP contribution in [0.3, 0.4) is 0 Å². The molecule has 3 unspecified atom stereocenters. The maximum atomic E-state index is 13.3. The zero-order chi connectivity index (χ0) is 34.4. The number of fused-ring (bicyclic) bond motifs is 7. The van der Waals surface area contributed by atoms with Crippen molar-refractivity contribution in [2.45, 2.75) is 123 Å². The Bertz CT molecular complexity index is 1310. The van der Waals surface area contributed by atoms with Gasteiger partial charge in [0.05, 0.1) is 30.1 Å². The summed E-state index contributed by atoms with van der Waals surface area (Å²) in [4.78, 5) is 26.5. The lowest BCUT2D eigenvalue weighted by Crippen LogP contribution is -2.75. The van der Waals surface area contributed by atoms with E-state index in [-0.39, 0.29) is 23.2 Å². The molecule has 8 nitrogen and oxygen atoms in total. The molecule has 5 aliphatic rings. The summed E-state index contributed by atoms with van der Waals surface area (Å²) in [5.74, 6) is -1.41. The zero-order valence-electron chi connectivity index (χ0n) is 29.2. The number of esters is 2. The normalized spacial score (nSPS) is 50.3. The van der Waals surface area contributed by atoms with Crippen molar-refractivity contribution in [2.24, 2.45) is 29.1 Å². The van der Waals surface area contributed by atoms with E-state index in [0.717, 1.165) is 37.7 Å². The Balaban J connectivity index is 1.67. The second kappa shape index (κ2) is 12.1. The van der Waals surface area contributed by atoms with Crippen LogP contribution in [-0.2, 0) is 19.1 Å². The van der Waals surface area contributed by atoms with Crippen LogP contribution in [0.4, 0.5) is 0 Å². The van der Waals surface area contributed by atoms with Crippen molar-refractivity contribution in [1.29, 1.82) is 0 Å². The van der Waals surface area contributed by atoms with Crippen LogP contribution >= 0.6 is 12.6 Å². The number of hydrogen-bond acceptors (Lipinski definition) is 9. The summed E-state index contributed by atoms with van der Waals surface area (Å²) >= 11 is 5.09. The van der Waals surface area contributed by atoms with Crippen LogP contribution in [0.1, 0.15) is 66.2 Å². The van der Waals surface area contributed by atoms with E-state index in [4.69, 9.17) is 22.1 Å². The molecule has 0 aromatic heterocycles. The van der Waals surface area contributed by atoms with Gasteiger partial charge in [-0.2, -0.15) is 12.6 Å². The Kier molecular flexibility index (Phi) is 9.50. The molecule has 4 fully saturated rings. The number of hydrogen-bond donors (Lipinski definition) is 5. The van der Waals surface area contributed by atoms with Gasteiger partial charge in [0, 0.05) is 16.3 Å². The predicted molar refractivity (Wildman–Crippen MR) is 194 cm³/mol. The molecular formula is C32H53B5O8S. The minimum Gasteiger partial charge on any atom is -0.457 e. The van der Waals surface area contributed by atoms with Crippen molar-refractivity contribution in [3.8, 4) is 0 Å². The van der Waals surface area contributed by atoms with Gasteiger partial charge in [0.15, 0.2) is 6.10 Å². The fourth-order valence-electron chi connectivity index (χ4n) is 11.3. The van der Waals surface area contributed by atoms with Crippen LogP contribution in [0.25, 0.3) is 0 Å². The van der Waals surface area contributed by atoms with Crippen LogP contribution in [-0.4, -0.2) is 113 Å². The molecule has 0 heterocycles. The number of allylic oxidation sites excluding steroid dienone is 2. The fraction of sp³-hybridized carbons (Fsp3) is 0.812. The summed E-state index contributed by atoms with van der Waals surface area (Å²) in [6.07, 6.45) is 2.93. The van der Waals surface area contributed by atoms with Crippen molar-refractivity contribution in [3.05, 3.63) is 23.3 Å². The lowest BCUT2D eigenvalue weighted by molar-refractivity contribution is -0.246. The lowest BCUT2D eigenvalue weighted by Gasteiger charge is -2.73. The molecule has 250 valence electrons. The van der Waals surface area contributed by atoms with E-state index in [1.54, 1.807) is 33.8 Å². The quantitative estimate of drug-likeness (QED) is 0.0818. The van der Waals surface area contributed by atoms with E-state index in [9.17, 15) is 30.0 Å². The van der Waals surface area contributed by atoms with Gasteiger partial charge in [0.1, 0.15) is 45.3 Å². The van der Waals surface area contributed by atoms with Gasteiger partial charge in [-0.3, -0.25) is 4.79 Å². The number of aliphatic hydroxyl groups is 4. The summed E-state index contributed by atoms with van der Waals surface area (Å²) in [5, 5.41) is 45.9. The largest absolute Gasteiger partial charge is 0.457 e. The van der Waals surface area contributed by atoms with E-state index in [2.05, 4.69) is 37.5 Å². The third kappa shape index (κ3) is 4.84. The van der Waals surface area contributed by atoms with Crippen molar-refractivity contribution in [3.63, 3.8) is 0 Å². The average Bonchev–Trinajstić information content (AvgIpc) is 2.99. The van der Waals surface area contributed by atoms with E-state index < -0.39 is 75.5 Å². The first kappa shape index (κ1) is 36.2. The molecule has 0 bridgehead atoms. The third-order valence-electron chi connectivity index (χ3n) is 14.4. The van der Waals surface area contributed by atoms with E-state index in [1.165, 1.54) is 0 Å². The maximum absolute atomic E-state index is 13.3. The molecule has 46 heavy (non-hydrogen) atoms. The number of rotatable bonds is 5. The third-order valence-corrected chi connectivity index (χ3v) is 14.9. The summed E-state index contributed by atoms with van der Waals surface area (Å²) in [7, 11) is 10.8. The topological polar surface area (TPSA) is 134 Å². The average molecular weight is 652 g/mol. The molecule has 5 aliphatic carbocycles. The minimum atomic E-state index is -1.54. The highest BCUT2D eigenvalue weighted by Crippen LogP contribution is 2.80. The smallest absolute Gasteiger partial charge is 0.333 e. The number of thiol groups is 1.